The van der Waals surface area contributed by atoms with E-state index in [9.17, 15) is 4.79 Å². The normalized spacial score (nSPS) is 10.7. The third-order valence-electron chi connectivity index (χ3n) is 4.39. The van der Waals surface area contributed by atoms with Gasteiger partial charge in [-0.2, -0.15) is 0 Å². The van der Waals surface area contributed by atoms with Crippen molar-refractivity contribution in [3.8, 4) is 22.9 Å². The van der Waals surface area contributed by atoms with Crippen LogP contribution in [0.5, 0.6) is 0 Å². The molecule has 0 unspecified atom stereocenters. The molecule has 1 aromatic heterocycles. The Balaban J connectivity index is 1.48. The van der Waals surface area contributed by atoms with E-state index in [1.54, 1.807) is 12.1 Å². The number of nitrogens with zero attached hydrogens (tertiary/aromatic N) is 2. The van der Waals surface area contributed by atoms with Gasteiger partial charge in [0.15, 0.2) is 0 Å². The molecule has 4 aromatic rings. The van der Waals surface area contributed by atoms with E-state index in [0.29, 0.717) is 22.5 Å². The first-order valence-electron chi connectivity index (χ1n) is 9.12. The van der Waals surface area contributed by atoms with Gasteiger partial charge in [-0.1, -0.05) is 47.5 Å². The van der Waals surface area contributed by atoms with Crippen molar-refractivity contribution < 1.29 is 9.21 Å². The Labute approximate surface area is 173 Å². The van der Waals surface area contributed by atoms with Crippen LogP contribution < -0.4 is 5.32 Å². The average molecular weight is 404 g/mol. The minimum absolute atomic E-state index is 0.115. The first kappa shape index (κ1) is 18.9. The molecule has 0 aliphatic rings. The van der Waals surface area contributed by atoms with Gasteiger partial charge in [0, 0.05) is 21.8 Å². The number of nitrogens with one attached hydrogen (secondary N) is 1. The maximum Gasteiger partial charge on any atom is 0.248 e. The molecular weight excluding hydrogens is 386 g/mol. The second-order valence-corrected chi connectivity index (χ2v) is 7.15. The molecule has 1 amide bonds. The van der Waals surface area contributed by atoms with Gasteiger partial charge in [0.05, 0.1) is 6.42 Å². The summed E-state index contributed by atoms with van der Waals surface area (Å²) < 4.78 is 5.82. The number of amides is 1. The molecule has 0 aliphatic carbocycles. The van der Waals surface area contributed by atoms with Gasteiger partial charge in [0.1, 0.15) is 0 Å². The van der Waals surface area contributed by atoms with Crippen molar-refractivity contribution in [2.45, 2.75) is 13.3 Å². The summed E-state index contributed by atoms with van der Waals surface area (Å²) in [6, 6.07) is 22.4. The molecule has 0 saturated carbocycles. The number of aromatic nitrogens is 2. The van der Waals surface area contributed by atoms with Gasteiger partial charge in [-0.25, -0.2) is 0 Å². The number of aryl methyl sites for hydroxylation is 1. The Morgan fingerprint density at radius 3 is 2.34 bits per heavy atom. The van der Waals surface area contributed by atoms with Crippen molar-refractivity contribution in [2.75, 3.05) is 5.32 Å². The van der Waals surface area contributed by atoms with Crippen LogP contribution in [0.25, 0.3) is 22.9 Å². The summed E-state index contributed by atoms with van der Waals surface area (Å²) in [6.45, 7) is 2.02. The lowest BCUT2D eigenvalue weighted by Crippen LogP contribution is -2.14. The molecule has 0 spiro atoms. The van der Waals surface area contributed by atoms with E-state index in [-0.39, 0.29) is 12.3 Å². The number of halogens is 1. The fraction of sp³-hybridized carbons (Fsp3) is 0.0870. The zero-order valence-corrected chi connectivity index (χ0v) is 16.5. The van der Waals surface area contributed by atoms with Crippen molar-refractivity contribution in [1.29, 1.82) is 0 Å². The van der Waals surface area contributed by atoms with Crippen LogP contribution in [-0.2, 0) is 11.2 Å². The Morgan fingerprint density at radius 1 is 0.931 bits per heavy atom. The Morgan fingerprint density at radius 2 is 1.62 bits per heavy atom. The zero-order valence-electron chi connectivity index (χ0n) is 15.7. The molecular formula is C23H18ClN3O2. The third-order valence-corrected chi connectivity index (χ3v) is 4.65. The lowest BCUT2D eigenvalue weighted by molar-refractivity contribution is -0.115. The number of hydrogen-bond acceptors (Lipinski definition) is 4. The number of hydrogen-bond donors (Lipinski definition) is 1. The molecule has 5 nitrogen and oxygen atoms in total. The van der Waals surface area contributed by atoms with Gasteiger partial charge < -0.3 is 9.73 Å². The van der Waals surface area contributed by atoms with Gasteiger partial charge in [-0.15, -0.1) is 10.2 Å². The molecule has 29 heavy (non-hydrogen) atoms. The van der Waals surface area contributed by atoms with E-state index < -0.39 is 0 Å². The summed E-state index contributed by atoms with van der Waals surface area (Å²) in [5.41, 5.74) is 4.32. The highest BCUT2D eigenvalue weighted by molar-refractivity contribution is 6.30. The van der Waals surface area contributed by atoms with Crippen LogP contribution in [0.4, 0.5) is 5.69 Å². The van der Waals surface area contributed by atoms with Crippen molar-refractivity contribution >= 4 is 23.2 Å². The number of carbonyl (C=O) groups is 1. The van der Waals surface area contributed by atoms with Crippen LogP contribution in [-0.4, -0.2) is 16.1 Å². The van der Waals surface area contributed by atoms with Crippen molar-refractivity contribution in [2.24, 2.45) is 0 Å². The predicted molar refractivity (Wildman–Crippen MR) is 114 cm³/mol. The van der Waals surface area contributed by atoms with Crippen molar-refractivity contribution in [1.82, 2.24) is 10.2 Å². The van der Waals surface area contributed by atoms with Crippen LogP contribution in [0.2, 0.25) is 5.02 Å². The lowest BCUT2D eigenvalue weighted by Gasteiger charge is -2.06. The van der Waals surface area contributed by atoms with Gasteiger partial charge in [-0.3, -0.25) is 4.79 Å². The minimum Gasteiger partial charge on any atom is -0.416 e. The van der Waals surface area contributed by atoms with Gasteiger partial charge in [-0.05, 0) is 55.0 Å². The Bertz CT molecular complexity index is 1140. The largest absolute Gasteiger partial charge is 0.416 e. The summed E-state index contributed by atoms with van der Waals surface area (Å²) in [6.07, 6.45) is 0.263. The first-order chi connectivity index (χ1) is 14.1. The second-order valence-electron chi connectivity index (χ2n) is 6.71. The number of carbonyl (C=O) groups excluding carboxylic acids is 1. The number of benzene rings is 3. The molecule has 0 radical (unpaired) electrons. The Kier molecular flexibility index (Phi) is 5.40. The van der Waals surface area contributed by atoms with Crippen LogP contribution >= 0.6 is 11.6 Å². The second kappa shape index (κ2) is 8.29. The van der Waals surface area contributed by atoms with Crippen LogP contribution in [0.3, 0.4) is 0 Å². The average Bonchev–Trinajstić information content (AvgIpc) is 3.21. The maximum atomic E-state index is 12.3. The minimum atomic E-state index is -0.115. The first-order valence-corrected chi connectivity index (χ1v) is 9.50. The Hall–Kier alpha value is -3.44. The van der Waals surface area contributed by atoms with Crippen LogP contribution in [0.15, 0.2) is 77.2 Å². The number of rotatable bonds is 5. The molecule has 0 fully saturated rings. The fourth-order valence-corrected chi connectivity index (χ4v) is 3.00. The molecule has 6 heteroatoms. The summed E-state index contributed by atoms with van der Waals surface area (Å²) in [5.74, 6) is 0.738. The van der Waals surface area contributed by atoms with E-state index in [2.05, 4.69) is 15.5 Å². The maximum absolute atomic E-state index is 12.3. The van der Waals surface area contributed by atoms with E-state index >= 15 is 0 Å². The molecule has 0 bridgehead atoms. The summed E-state index contributed by atoms with van der Waals surface area (Å²) in [4.78, 5) is 12.3. The molecule has 1 heterocycles. The van der Waals surface area contributed by atoms with Gasteiger partial charge in [0.25, 0.3) is 0 Å². The SMILES string of the molecule is Cc1ccc(-c2nnc(-c3cccc(NC(=O)Cc4ccc(Cl)cc4)c3)o2)cc1. The van der Waals surface area contributed by atoms with Crippen LogP contribution in [0, 0.1) is 6.92 Å². The molecule has 0 saturated heterocycles. The van der Waals surface area contributed by atoms with E-state index in [1.165, 1.54) is 0 Å². The zero-order chi connectivity index (χ0) is 20.2. The standard InChI is InChI=1S/C23H18ClN3O2/c1-15-5-9-17(10-6-15)22-26-27-23(29-22)18-3-2-4-20(14-18)25-21(28)13-16-7-11-19(24)12-8-16/h2-12,14H,13H2,1H3,(H,25,28). The molecule has 0 aliphatic heterocycles. The molecule has 1 N–H and O–H groups in total. The highest BCUT2D eigenvalue weighted by Crippen LogP contribution is 2.26. The van der Waals surface area contributed by atoms with Gasteiger partial charge in [0.2, 0.25) is 17.7 Å². The third kappa shape index (κ3) is 4.70. The summed E-state index contributed by atoms with van der Waals surface area (Å²) in [5, 5.41) is 11.8. The highest BCUT2D eigenvalue weighted by atomic mass is 35.5. The summed E-state index contributed by atoms with van der Waals surface area (Å²) in [7, 11) is 0. The number of anilines is 1. The molecule has 3 aromatic carbocycles. The van der Waals surface area contributed by atoms with Crippen LogP contribution in [0.1, 0.15) is 11.1 Å². The van der Waals surface area contributed by atoms with E-state index in [0.717, 1.165) is 22.3 Å². The van der Waals surface area contributed by atoms with Gasteiger partial charge >= 0.3 is 0 Å². The lowest BCUT2D eigenvalue weighted by atomic mass is 10.1. The van der Waals surface area contributed by atoms with Crippen molar-refractivity contribution in [3.63, 3.8) is 0 Å². The smallest absolute Gasteiger partial charge is 0.248 e. The topological polar surface area (TPSA) is 68.0 Å². The van der Waals surface area contributed by atoms with E-state index in [1.807, 2.05) is 67.6 Å². The molecule has 144 valence electrons. The quantitative estimate of drug-likeness (QED) is 0.474. The fourth-order valence-electron chi connectivity index (χ4n) is 2.88. The summed E-state index contributed by atoms with van der Waals surface area (Å²) >= 11 is 5.88. The highest BCUT2D eigenvalue weighted by Gasteiger charge is 2.12. The monoisotopic (exact) mass is 403 g/mol. The molecule has 4 rings (SSSR count). The molecule has 0 atom stereocenters. The van der Waals surface area contributed by atoms with Crippen molar-refractivity contribution in [3.05, 3.63) is 88.9 Å². The van der Waals surface area contributed by atoms with E-state index in [4.69, 9.17) is 16.0 Å². The predicted octanol–water partition coefficient (Wildman–Crippen LogP) is 5.55.